The predicted octanol–water partition coefficient (Wildman–Crippen LogP) is 6.57. The number of amides is 2. The molecule has 4 aromatic rings. The second-order valence-corrected chi connectivity index (χ2v) is 9.50. The zero-order chi connectivity index (χ0) is 29.0. The van der Waals surface area contributed by atoms with Crippen molar-refractivity contribution in [3.8, 4) is 16.9 Å². The number of anilines is 1. The minimum Gasteiger partial charge on any atom is -0.491 e. The van der Waals surface area contributed by atoms with E-state index in [-0.39, 0.29) is 24.2 Å². The molecule has 7 nitrogen and oxygen atoms in total. The number of rotatable bonds is 12. The third-order valence-corrected chi connectivity index (χ3v) is 6.43. The van der Waals surface area contributed by atoms with E-state index in [0.717, 1.165) is 22.3 Å². The molecule has 0 fully saturated rings. The minimum atomic E-state index is -0.282. The van der Waals surface area contributed by atoms with Gasteiger partial charge in [0.05, 0.1) is 18.9 Å². The lowest BCUT2D eigenvalue weighted by molar-refractivity contribution is -0.143. The molecule has 0 saturated carbocycles. The van der Waals surface area contributed by atoms with Crippen LogP contribution in [0.5, 0.6) is 5.75 Å². The molecule has 0 heterocycles. The molecule has 0 aliphatic rings. The van der Waals surface area contributed by atoms with Gasteiger partial charge in [-0.15, -0.1) is 0 Å². The number of ether oxygens (including phenoxy) is 2. The van der Waals surface area contributed by atoms with E-state index in [4.69, 9.17) is 9.47 Å². The highest BCUT2D eigenvalue weighted by molar-refractivity contribution is 6.05. The molecule has 4 aromatic carbocycles. The summed E-state index contributed by atoms with van der Waals surface area (Å²) in [7, 11) is 0. The van der Waals surface area contributed by atoms with E-state index >= 15 is 0 Å². The number of benzene rings is 4. The third kappa shape index (κ3) is 8.29. The Bertz CT molecular complexity index is 1480. The van der Waals surface area contributed by atoms with Crippen LogP contribution in [0.25, 0.3) is 11.1 Å². The molecule has 0 radical (unpaired) electrons. The minimum absolute atomic E-state index is 0.165. The molecule has 0 aliphatic heterocycles. The molecule has 0 atom stereocenters. The van der Waals surface area contributed by atoms with Crippen LogP contribution in [-0.4, -0.2) is 31.0 Å². The first-order valence-corrected chi connectivity index (χ1v) is 13.7. The second-order valence-electron chi connectivity index (χ2n) is 9.50. The molecule has 2 N–H and O–H groups in total. The van der Waals surface area contributed by atoms with Gasteiger partial charge in [0.1, 0.15) is 5.75 Å². The number of para-hydroxylation sites is 2. The summed E-state index contributed by atoms with van der Waals surface area (Å²) in [5.41, 5.74) is 5.51. The largest absolute Gasteiger partial charge is 0.491 e. The average molecular weight is 551 g/mol. The number of hydrogen-bond donors (Lipinski definition) is 2. The summed E-state index contributed by atoms with van der Waals surface area (Å²) in [4.78, 5) is 37.5. The Morgan fingerprint density at radius 3 is 2.24 bits per heavy atom. The first-order chi connectivity index (χ1) is 19.9. The van der Waals surface area contributed by atoms with Crippen molar-refractivity contribution in [3.63, 3.8) is 0 Å². The number of nitrogens with one attached hydrogen (secondary N) is 2. The lowest BCUT2D eigenvalue weighted by atomic mass is 9.98. The molecule has 0 aromatic heterocycles. The van der Waals surface area contributed by atoms with Gasteiger partial charge in [-0.3, -0.25) is 14.4 Å². The fraction of sp³-hybridized carbons (Fsp3) is 0.206. The van der Waals surface area contributed by atoms with Crippen molar-refractivity contribution < 1.29 is 23.9 Å². The quantitative estimate of drug-likeness (QED) is 0.154. The maximum Gasteiger partial charge on any atom is 0.305 e. The Kier molecular flexibility index (Phi) is 10.3. The third-order valence-electron chi connectivity index (χ3n) is 6.43. The predicted molar refractivity (Wildman–Crippen MR) is 160 cm³/mol. The Labute approximate surface area is 240 Å². The Hall–Kier alpha value is -4.91. The fourth-order valence-electron chi connectivity index (χ4n) is 4.24. The van der Waals surface area contributed by atoms with Gasteiger partial charge < -0.3 is 20.1 Å². The van der Waals surface area contributed by atoms with Crippen molar-refractivity contribution in [3.05, 3.63) is 119 Å². The normalized spacial score (nSPS) is 10.5. The molecule has 41 heavy (non-hydrogen) atoms. The van der Waals surface area contributed by atoms with Gasteiger partial charge in [-0.1, -0.05) is 72.3 Å². The summed E-state index contributed by atoms with van der Waals surface area (Å²) < 4.78 is 10.7. The van der Waals surface area contributed by atoms with E-state index < -0.39 is 0 Å². The van der Waals surface area contributed by atoms with E-state index in [1.807, 2.05) is 79.7 Å². The highest BCUT2D eigenvalue weighted by Gasteiger charge is 2.13. The molecule has 0 bridgehead atoms. The molecule has 0 saturated heterocycles. The first kappa shape index (κ1) is 29.1. The molecule has 0 spiro atoms. The Morgan fingerprint density at radius 1 is 0.780 bits per heavy atom. The summed E-state index contributed by atoms with van der Waals surface area (Å²) >= 11 is 0. The monoisotopic (exact) mass is 550 g/mol. The summed E-state index contributed by atoms with van der Waals surface area (Å²) in [6.07, 6.45) is 0.783. The molecule has 0 unspecified atom stereocenters. The molecule has 7 heteroatoms. The summed E-state index contributed by atoms with van der Waals surface area (Å²) in [5, 5.41) is 5.87. The highest BCUT2D eigenvalue weighted by atomic mass is 16.5. The van der Waals surface area contributed by atoms with Crippen LogP contribution in [0.4, 0.5) is 5.69 Å². The van der Waals surface area contributed by atoms with Crippen LogP contribution in [0.3, 0.4) is 0 Å². The smallest absolute Gasteiger partial charge is 0.305 e. The fourth-order valence-corrected chi connectivity index (χ4v) is 4.24. The van der Waals surface area contributed by atoms with Crippen LogP contribution in [0.15, 0.2) is 97.1 Å². The van der Waals surface area contributed by atoms with Gasteiger partial charge in [0.2, 0.25) is 0 Å². The van der Waals surface area contributed by atoms with Crippen LogP contribution < -0.4 is 15.4 Å². The molecular weight excluding hydrogens is 516 g/mol. The number of carbonyl (C=O) groups is 3. The SMILES string of the molecule is CCOC(=O)CCCOc1ccccc1NC(=O)c1ccc(CNC(=O)c2ccccc2-c2ccc(C)cc2)cc1. The van der Waals surface area contributed by atoms with Crippen molar-refractivity contribution in [2.75, 3.05) is 18.5 Å². The molecule has 4 rings (SSSR count). The summed E-state index contributed by atoms with van der Waals surface area (Å²) in [6.45, 7) is 4.80. The Morgan fingerprint density at radius 2 is 1.49 bits per heavy atom. The van der Waals surface area contributed by atoms with Gasteiger partial charge in [0.25, 0.3) is 11.8 Å². The van der Waals surface area contributed by atoms with Gasteiger partial charge in [-0.05, 0) is 67.3 Å². The van der Waals surface area contributed by atoms with Crippen LogP contribution in [0.2, 0.25) is 0 Å². The second kappa shape index (κ2) is 14.5. The highest BCUT2D eigenvalue weighted by Crippen LogP contribution is 2.26. The average Bonchev–Trinajstić information content (AvgIpc) is 2.99. The van der Waals surface area contributed by atoms with Crippen molar-refractivity contribution in [2.45, 2.75) is 33.2 Å². The van der Waals surface area contributed by atoms with E-state index in [1.165, 1.54) is 0 Å². The van der Waals surface area contributed by atoms with Gasteiger partial charge in [0.15, 0.2) is 0 Å². The Balaban J connectivity index is 1.32. The van der Waals surface area contributed by atoms with Crippen molar-refractivity contribution in [1.29, 1.82) is 0 Å². The van der Waals surface area contributed by atoms with E-state index in [1.54, 1.807) is 31.2 Å². The first-order valence-electron chi connectivity index (χ1n) is 13.7. The van der Waals surface area contributed by atoms with Gasteiger partial charge in [-0.2, -0.15) is 0 Å². The molecule has 0 aliphatic carbocycles. The topological polar surface area (TPSA) is 93.7 Å². The van der Waals surface area contributed by atoms with Crippen LogP contribution in [0, 0.1) is 6.92 Å². The van der Waals surface area contributed by atoms with E-state index in [0.29, 0.717) is 48.7 Å². The summed E-state index contributed by atoms with van der Waals surface area (Å²) in [5.74, 6) is -0.181. The van der Waals surface area contributed by atoms with Crippen molar-refractivity contribution >= 4 is 23.5 Å². The molecule has 210 valence electrons. The number of carbonyl (C=O) groups excluding carboxylic acids is 3. The maximum absolute atomic E-state index is 13.0. The number of aryl methyl sites for hydroxylation is 1. The van der Waals surface area contributed by atoms with E-state index in [9.17, 15) is 14.4 Å². The molecular formula is C34H34N2O5. The number of hydrogen-bond acceptors (Lipinski definition) is 5. The van der Waals surface area contributed by atoms with E-state index in [2.05, 4.69) is 10.6 Å². The lowest BCUT2D eigenvalue weighted by Gasteiger charge is -2.13. The lowest BCUT2D eigenvalue weighted by Crippen LogP contribution is -2.23. The maximum atomic E-state index is 13.0. The van der Waals surface area contributed by atoms with Gasteiger partial charge in [0, 0.05) is 24.1 Å². The van der Waals surface area contributed by atoms with Gasteiger partial charge >= 0.3 is 5.97 Å². The van der Waals surface area contributed by atoms with Crippen molar-refractivity contribution in [2.24, 2.45) is 0 Å². The van der Waals surface area contributed by atoms with Crippen molar-refractivity contribution in [1.82, 2.24) is 5.32 Å². The summed E-state index contributed by atoms with van der Waals surface area (Å²) in [6, 6.07) is 29.9. The van der Waals surface area contributed by atoms with Crippen LogP contribution in [-0.2, 0) is 16.1 Å². The number of esters is 1. The van der Waals surface area contributed by atoms with Crippen LogP contribution >= 0.6 is 0 Å². The van der Waals surface area contributed by atoms with Gasteiger partial charge in [-0.25, -0.2) is 0 Å². The standard InChI is InChI=1S/C34H34N2O5/c1-3-40-32(37)13-8-22-41-31-12-7-6-11-30(31)36-33(38)27-20-16-25(17-21-27)23-35-34(39)29-10-5-4-9-28(29)26-18-14-24(2)15-19-26/h4-7,9-12,14-21H,3,8,13,22-23H2,1-2H3,(H,35,39)(H,36,38). The molecule has 2 amide bonds. The zero-order valence-electron chi connectivity index (χ0n) is 23.3. The zero-order valence-corrected chi connectivity index (χ0v) is 23.3. The van der Waals surface area contributed by atoms with Crippen LogP contribution in [0.1, 0.15) is 51.6 Å².